The highest BCUT2D eigenvalue weighted by Crippen LogP contribution is 2.43. The predicted octanol–water partition coefficient (Wildman–Crippen LogP) is 5.60. The second-order valence-corrected chi connectivity index (χ2v) is 10.1. The summed E-state index contributed by atoms with van der Waals surface area (Å²) in [5.74, 6) is -0.538. The Morgan fingerprint density at radius 1 is 1.03 bits per heavy atom. The van der Waals surface area contributed by atoms with E-state index < -0.39 is 17.7 Å². The minimum atomic E-state index is -0.616. The number of aryl methyl sites for hydroxylation is 1. The minimum Gasteiger partial charge on any atom is -0.507 e. The summed E-state index contributed by atoms with van der Waals surface area (Å²) in [7, 11) is 3.94. The molecule has 1 N–H and O–H groups in total. The van der Waals surface area contributed by atoms with Crippen molar-refractivity contribution in [1.82, 2.24) is 4.90 Å². The van der Waals surface area contributed by atoms with Crippen molar-refractivity contribution >= 4 is 23.1 Å². The molecule has 6 heteroatoms. The average molecular weight is 477 g/mol. The van der Waals surface area contributed by atoms with Crippen molar-refractivity contribution < 1.29 is 19.4 Å². The number of Topliss-reactive ketones (excluding diaryl/α,β-unsaturated/α-hetero) is 1. The van der Waals surface area contributed by atoms with Crippen LogP contribution in [0.15, 0.2) is 48.0 Å². The summed E-state index contributed by atoms with van der Waals surface area (Å²) in [6.45, 7) is 5.83. The lowest BCUT2D eigenvalue weighted by molar-refractivity contribution is -0.141. The first-order valence-electron chi connectivity index (χ1n) is 12.5. The van der Waals surface area contributed by atoms with Crippen molar-refractivity contribution in [3.63, 3.8) is 0 Å². The number of anilines is 1. The highest BCUT2D eigenvalue weighted by Gasteiger charge is 2.48. The van der Waals surface area contributed by atoms with Gasteiger partial charge >= 0.3 is 0 Å². The van der Waals surface area contributed by atoms with Crippen LogP contribution in [0.25, 0.3) is 5.76 Å². The van der Waals surface area contributed by atoms with E-state index in [2.05, 4.69) is 0 Å². The molecule has 0 aromatic heterocycles. The van der Waals surface area contributed by atoms with Crippen LogP contribution in [-0.2, 0) is 9.59 Å². The van der Waals surface area contributed by atoms with Gasteiger partial charge in [0.2, 0.25) is 0 Å². The third-order valence-corrected chi connectivity index (χ3v) is 6.98. The minimum absolute atomic E-state index is 0.00687. The number of carbonyl (C=O) groups is 2. The molecule has 4 rings (SSSR count). The third kappa shape index (κ3) is 4.93. The molecule has 35 heavy (non-hydrogen) atoms. The van der Waals surface area contributed by atoms with Crippen molar-refractivity contribution in [3.05, 3.63) is 64.7 Å². The number of likely N-dealkylation sites (tertiary alicyclic amines) is 1. The molecular weight excluding hydrogens is 440 g/mol. The number of hydrogen-bond acceptors (Lipinski definition) is 5. The fourth-order valence-corrected chi connectivity index (χ4v) is 5.21. The van der Waals surface area contributed by atoms with Crippen LogP contribution in [0.5, 0.6) is 5.75 Å². The normalized spacial score (nSPS) is 20.5. The summed E-state index contributed by atoms with van der Waals surface area (Å²) in [6.07, 6.45) is 5.00. The quantitative estimate of drug-likeness (QED) is 0.334. The molecule has 2 fully saturated rings. The van der Waals surface area contributed by atoms with Crippen LogP contribution in [0.1, 0.15) is 68.7 Å². The van der Waals surface area contributed by atoms with E-state index in [1.165, 1.54) is 0 Å². The second kappa shape index (κ2) is 10.1. The van der Waals surface area contributed by atoms with Gasteiger partial charge in [-0.2, -0.15) is 0 Å². The van der Waals surface area contributed by atoms with Crippen molar-refractivity contribution in [1.29, 1.82) is 0 Å². The maximum atomic E-state index is 13.4. The molecule has 0 spiro atoms. The molecule has 1 aliphatic carbocycles. The molecule has 1 aliphatic heterocycles. The number of ether oxygens (including phenoxy) is 1. The molecule has 1 saturated heterocycles. The summed E-state index contributed by atoms with van der Waals surface area (Å²) in [5, 5.41) is 11.4. The van der Waals surface area contributed by atoms with Gasteiger partial charge in [0.15, 0.2) is 0 Å². The number of benzene rings is 2. The van der Waals surface area contributed by atoms with E-state index in [1.54, 1.807) is 11.0 Å². The van der Waals surface area contributed by atoms with Crippen molar-refractivity contribution in [3.8, 4) is 5.75 Å². The molecule has 1 atom stereocenters. The number of aliphatic hydroxyl groups is 1. The van der Waals surface area contributed by atoms with Crippen LogP contribution < -0.4 is 9.64 Å². The van der Waals surface area contributed by atoms with Crippen molar-refractivity contribution in [2.75, 3.05) is 19.0 Å². The molecule has 6 nitrogen and oxygen atoms in total. The highest BCUT2D eigenvalue weighted by molar-refractivity contribution is 6.46. The van der Waals surface area contributed by atoms with Crippen LogP contribution in [0.2, 0.25) is 0 Å². The van der Waals surface area contributed by atoms with Gasteiger partial charge in [0, 0.05) is 31.4 Å². The first kappa shape index (κ1) is 24.8. The summed E-state index contributed by atoms with van der Waals surface area (Å²) < 4.78 is 5.83. The fraction of sp³-hybridized carbons (Fsp3) is 0.448. The lowest BCUT2D eigenvalue weighted by Crippen LogP contribution is -2.40. The third-order valence-electron chi connectivity index (χ3n) is 6.98. The van der Waals surface area contributed by atoms with Crippen LogP contribution >= 0.6 is 0 Å². The van der Waals surface area contributed by atoms with Gasteiger partial charge in [-0.3, -0.25) is 9.59 Å². The van der Waals surface area contributed by atoms with Gasteiger partial charge in [-0.05, 0) is 75.1 Å². The van der Waals surface area contributed by atoms with E-state index in [-0.39, 0.29) is 23.5 Å². The predicted molar refractivity (Wildman–Crippen MR) is 139 cm³/mol. The first-order chi connectivity index (χ1) is 16.7. The number of nitrogens with zero attached hydrogens (tertiary/aromatic N) is 2. The Balaban J connectivity index is 1.82. The molecule has 2 aromatic carbocycles. The van der Waals surface area contributed by atoms with E-state index in [1.807, 2.05) is 76.2 Å². The topological polar surface area (TPSA) is 70.1 Å². The molecular formula is C29H36N2O4. The monoisotopic (exact) mass is 476 g/mol. The van der Waals surface area contributed by atoms with Crippen LogP contribution in [0, 0.1) is 6.92 Å². The maximum absolute atomic E-state index is 13.4. The Morgan fingerprint density at radius 2 is 1.69 bits per heavy atom. The van der Waals surface area contributed by atoms with E-state index in [9.17, 15) is 14.7 Å². The van der Waals surface area contributed by atoms with E-state index in [0.29, 0.717) is 5.56 Å². The zero-order chi connectivity index (χ0) is 25.3. The van der Waals surface area contributed by atoms with Gasteiger partial charge < -0.3 is 19.6 Å². The fourth-order valence-electron chi connectivity index (χ4n) is 5.21. The Bertz CT molecular complexity index is 1130. The highest BCUT2D eigenvalue weighted by atomic mass is 16.5. The summed E-state index contributed by atoms with van der Waals surface area (Å²) >= 11 is 0. The lowest BCUT2D eigenvalue weighted by Gasteiger charge is -2.35. The Morgan fingerprint density at radius 3 is 2.26 bits per heavy atom. The SMILES string of the molecule is Cc1cc(/C(O)=C2/C(=O)C(=O)N(C3CCCCC3)C2c2ccc(N(C)C)cc2)ccc1OC(C)C. The van der Waals surface area contributed by atoms with Gasteiger partial charge in [0.1, 0.15) is 11.5 Å². The molecule has 1 amide bonds. The van der Waals surface area contributed by atoms with Crippen LogP contribution in [0.3, 0.4) is 0 Å². The Labute approximate surface area is 208 Å². The number of ketones is 1. The summed E-state index contributed by atoms with van der Waals surface area (Å²) in [4.78, 5) is 30.5. The van der Waals surface area contributed by atoms with Gasteiger partial charge in [0.25, 0.3) is 11.7 Å². The smallest absolute Gasteiger partial charge is 0.295 e. The van der Waals surface area contributed by atoms with Crippen molar-refractivity contribution in [2.45, 2.75) is 71.1 Å². The number of hydrogen-bond donors (Lipinski definition) is 1. The Kier molecular flexibility index (Phi) is 7.20. The molecule has 2 aromatic rings. The van der Waals surface area contributed by atoms with Crippen molar-refractivity contribution in [2.24, 2.45) is 0 Å². The van der Waals surface area contributed by atoms with Gasteiger partial charge in [-0.15, -0.1) is 0 Å². The van der Waals surface area contributed by atoms with Gasteiger partial charge in [-0.25, -0.2) is 0 Å². The summed E-state index contributed by atoms with van der Waals surface area (Å²) in [5.41, 5.74) is 3.39. The molecule has 0 radical (unpaired) electrons. The molecule has 1 heterocycles. The number of carbonyl (C=O) groups excluding carboxylic acids is 2. The summed E-state index contributed by atoms with van der Waals surface area (Å²) in [6, 6.07) is 12.6. The number of rotatable bonds is 6. The zero-order valence-electron chi connectivity index (χ0n) is 21.4. The first-order valence-corrected chi connectivity index (χ1v) is 12.5. The van der Waals surface area contributed by atoms with Gasteiger partial charge in [0.05, 0.1) is 17.7 Å². The average Bonchev–Trinajstić information content (AvgIpc) is 3.10. The van der Waals surface area contributed by atoms with Crippen LogP contribution in [-0.4, -0.2) is 47.9 Å². The van der Waals surface area contributed by atoms with E-state index in [4.69, 9.17) is 4.74 Å². The molecule has 2 aliphatic rings. The number of aliphatic hydroxyl groups excluding tert-OH is 1. The molecule has 186 valence electrons. The molecule has 1 unspecified atom stereocenters. The second-order valence-electron chi connectivity index (χ2n) is 10.1. The molecule has 0 bridgehead atoms. The molecule has 1 saturated carbocycles. The van der Waals surface area contributed by atoms with E-state index >= 15 is 0 Å². The Hall–Kier alpha value is -3.28. The van der Waals surface area contributed by atoms with Crippen LogP contribution in [0.4, 0.5) is 5.69 Å². The zero-order valence-corrected chi connectivity index (χ0v) is 21.4. The lowest BCUT2D eigenvalue weighted by atomic mass is 9.90. The largest absolute Gasteiger partial charge is 0.507 e. The maximum Gasteiger partial charge on any atom is 0.295 e. The number of amides is 1. The van der Waals surface area contributed by atoms with E-state index in [0.717, 1.165) is 54.7 Å². The standard InChI is InChI=1S/C29H36N2O4/c1-18(2)35-24-16-13-21(17-19(24)3)27(32)25-26(20-11-14-22(15-12-20)30(4)5)31(29(34)28(25)33)23-9-7-6-8-10-23/h11-18,23,26,32H,6-10H2,1-5H3/b27-25-. The van der Waals surface area contributed by atoms with Gasteiger partial charge in [-0.1, -0.05) is 31.4 Å².